The molecular weight excluding hydrogens is 516 g/mol. The number of nitrogens with zero attached hydrogens (tertiary/aromatic N) is 3. The summed E-state index contributed by atoms with van der Waals surface area (Å²) in [4.78, 5) is 48.9. The number of carbonyl (C=O) groups is 3. The minimum Gasteiger partial charge on any atom is -0.489 e. The highest BCUT2D eigenvalue weighted by molar-refractivity contribution is 5.98. The van der Waals surface area contributed by atoms with Gasteiger partial charge in [0.25, 0.3) is 5.56 Å². The van der Waals surface area contributed by atoms with Crippen molar-refractivity contribution < 1.29 is 29.0 Å². The van der Waals surface area contributed by atoms with E-state index in [1.807, 2.05) is 19.1 Å². The number of aliphatic carboxylic acids is 1. The molecule has 1 atom stereocenters. The Morgan fingerprint density at radius 2 is 1.82 bits per heavy atom. The van der Waals surface area contributed by atoms with Crippen molar-refractivity contribution in [3.63, 3.8) is 0 Å². The number of carboxylic acids is 1. The lowest BCUT2D eigenvalue weighted by Gasteiger charge is -2.13. The number of fused-ring (bicyclic) bond motifs is 1. The molecule has 1 aromatic heterocycles. The maximum absolute atomic E-state index is 12.8. The zero-order chi connectivity index (χ0) is 28.6. The summed E-state index contributed by atoms with van der Waals surface area (Å²) in [5.74, 6) is -1.96. The molecule has 1 unspecified atom stereocenters. The van der Waals surface area contributed by atoms with Crippen LogP contribution in [0.1, 0.15) is 34.3 Å². The van der Waals surface area contributed by atoms with Crippen molar-refractivity contribution in [3.8, 4) is 5.75 Å². The molecule has 0 saturated carbocycles. The number of carbonyl (C=O) groups excluding carboxylic acids is 2. The molecule has 11 nitrogen and oxygen atoms in total. The number of anilines is 1. The number of ether oxygens (including phenoxy) is 2. The fourth-order valence-corrected chi connectivity index (χ4v) is 4.08. The molecule has 0 radical (unpaired) electrons. The third-order valence-electron chi connectivity index (χ3n) is 6.29. The van der Waals surface area contributed by atoms with E-state index in [9.17, 15) is 24.3 Å². The Labute approximate surface area is 229 Å². The molecule has 0 aliphatic carbocycles. The standard InChI is InChI=1S/C29H28N4O7/c1-18-6-11-25-24(14-18)27(35)33(32-31-25)13-12-21(28(36)37)16-26(34)20-7-9-23(10-8-20)40-17-19-4-3-5-22(15-19)30-29(38)39-2/h3-11,14-15,21H,12-13,16-17H2,1-2H3,(H,30,38)(H,36,37). The van der Waals surface area contributed by atoms with E-state index in [1.54, 1.807) is 54.6 Å². The molecule has 40 heavy (non-hydrogen) atoms. The molecule has 0 spiro atoms. The third-order valence-corrected chi connectivity index (χ3v) is 6.29. The molecule has 0 saturated heterocycles. The highest BCUT2D eigenvalue weighted by Crippen LogP contribution is 2.20. The van der Waals surface area contributed by atoms with Crippen molar-refractivity contribution in [1.82, 2.24) is 15.0 Å². The molecule has 2 N–H and O–H groups in total. The highest BCUT2D eigenvalue weighted by Gasteiger charge is 2.23. The van der Waals surface area contributed by atoms with Crippen LogP contribution in [0.2, 0.25) is 0 Å². The number of amides is 1. The van der Waals surface area contributed by atoms with Crippen molar-refractivity contribution >= 4 is 34.4 Å². The largest absolute Gasteiger partial charge is 0.489 e. The lowest BCUT2D eigenvalue weighted by Crippen LogP contribution is -2.27. The lowest BCUT2D eigenvalue weighted by atomic mass is 9.95. The van der Waals surface area contributed by atoms with Crippen LogP contribution in [0.4, 0.5) is 10.5 Å². The number of ketones is 1. The first kappa shape index (κ1) is 28.0. The summed E-state index contributed by atoms with van der Waals surface area (Å²) in [6.45, 7) is 2.10. The van der Waals surface area contributed by atoms with Gasteiger partial charge in [-0.3, -0.25) is 19.7 Å². The Morgan fingerprint density at radius 1 is 1.05 bits per heavy atom. The van der Waals surface area contributed by atoms with Crippen LogP contribution in [0.3, 0.4) is 0 Å². The SMILES string of the molecule is COC(=O)Nc1cccc(COc2ccc(C(=O)CC(CCn3nnc4ccc(C)cc4c3=O)C(=O)O)cc2)c1. The summed E-state index contributed by atoms with van der Waals surface area (Å²) in [6.07, 6.45) is -0.766. The molecule has 0 aliphatic heterocycles. The number of hydrogen-bond donors (Lipinski definition) is 2. The van der Waals surface area contributed by atoms with Crippen molar-refractivity contribution in [2.75, 3.05) is 12.4 Å². The first-order chi connectivity index (χ1) is 19.2. The van der Waals surface area contributed by atoms with Gasteiger partial charge in [0.05, 0.1) is 18.4 Å². The van der Waals surface area contributed by atoms with Crippen LogP contribution >= 0.6 is 0 Å². The Balaban J connectivity index is 1.34. The van der Waals surface area contributed by atoms with Crippen LogP contribution in [-0.4, -0.2) is 45.1 Å². The van der Waals surface area contributed by atoms with E-state index >= 15 is 0 Å². The van der Waals surface area contributed by atoms with E-state index in [4.69, 9.17) is 4.74 Å². The van der Waals surface area contributed by atoms with E-state index in [1.165, 1.54) is 7.11 Å². The average Bonchev–Trinajstić information content (AvgIpc) is 2.95. The van der Waals surface area contributed by atoms with Crippen LogP contribution in [0, 0.1) is 12.8 Å². The molecule has 1 amide bonds. The predicted octanol–water partition coefficient (Wildman–Crippen LogP) is 4.22. The van der Waals surface area contributed by atoms with Gasteiger partial charge in [0.1, 0.15) is 17.9 Å². The quantitative estimate of drug-likeness (QED) is 0.265. The summed E-state index contributed by atoms with van der Waals surface area (Å²) >= 11 is 0. The molecule has 0 bridgehead atoms. The Kier molecular flexibility index (Phi) is 8.85. The number of aromatic nitrogens is 3. The van der Waals surface area contributed by atoms with Crippen molar-refractivity contribution in [3.05, 3.63) is 93.8 Å². The minimum absolute atomic E-state index is 0.0170. The first-order valence-corrected chi connectivity index (χ1v) is 12.5. The summed E-state index contributed by atoms with van der Waals surface area (Å²) < 4.78 is 11.5. The van der Waals surface area contributed by atoms with Gasteiger partial charge < -0.3 is 14.6 Å². The molecule has 0 aliphatic rings. The smallest absolute Gasteiger partial charge is 0.411 e. The van der Waals surface area contributed by atoms with Gasteiger partial charge in [-0.1, -0.05) is 29.0 Å². The summed E-state index contributed by atoms with van der Waals surface area (Å²) in [5, 5.41) is 20.6. The zero-order valence-electron chi connectivity index (χ0n) is 22.0. The van der Waals surface area contributed by atoms with Gasteiger partial charge in [-0.2, -0.15) is 0 Å². The molecule has 4 aromatic rings. The van der Waals surface area contributed by atoms with Gasteiger partial charge in [-0.05, 0) is 67.4 Å². The van der Waals surface area contributed by atoms with E-state index < -0.39 is 18.0 Å². The molecule has 11 heteroatoms. The third kappa shape index (κ3) is 7.07. The fourth-order valence-electron chi connectivity index (χ4n) is 4.08. The molecule has 3 aromatic carbocycles. The van der Waals surface area contributed by atoms with Crippen LogP contribution in [-0.2, 0) is 22.7 Å². The Bertz CT molecular complexity index is 1600. The number of rotatable bonds is 11. The predicted molar refractivity (Wildman–Crippen MR) is 146 cm³/mol. The number of benzene rings is 3. The topological polar surface area (TPSA) is 150 Å². The van der Waals surface area contributed by atoms with Crippen LogP contribution in [0.25, 0.3) is 10.9 Å². The number of nitrogens with one attached hydrogen (secondary N) is 1. The van der Waals surface area contributed by atoms with E-state index in [-0.39, 0.29) is 37.3 Å². The second-order valence-corrected chi connectivity index (χ2v) is 9.22. The van der Waals surface area contributed by atoms with Gasteiger partial charge in [0.2, 0.25) is 0 Å². The number of Topliss-reactive ketones (excluding diaryl/α,β-unsaturated/α-hetero) is 1. The summed E-state index contributed by atoms with van der Waals surface area (Å²) in [5.41, 5.74) is 2.73. The van der Waals surface area contributed by atoms with Crippen LogP contribution in [0.5, 0.6) is 5.75 Å². The Hall–Kier alpha value is -5.06. The van der Waals surface area contributed by atoms with E-state index in [0.717, 1.165) is 15.8 Å². The number of methoxy groups -OCH3 is 1. The van der Waals surface area contributed by atoms with Crippen molar-refractivity contribution in [2.24, 2.45) is 5.92 Å². The van der Waals surface area contributed by atoms with Crippen molar-refractivity contribution in [2.45, 2.75) is 32.9 Å². The number of hydrogen-bond acceptors (Lipinski definition) is 8. The molecular formula is C29H28N4O7. The number of carboxylic acid groups (broad SMARTS) is 1. The molecule has 206 valence electrons. The Morgan fingerprint density at radius 3 is 2.55 bits per heavy atom. The van der Waals surface area contributed by atoms with E-state index in [0.29, 0.717) is 27.9 Å². The molecule has 0 fully saturated rings. The maximum atomic E-state index is 12.8. The fraction of sp³-hybridized carbons (Fsp3) is 0.241. The normalized spacial score (nSPS) is 11.6. The van der Waals surface area contributed by atoms with Crippen molar-refractivity contribution in [1.29, 1.82) is 0 Å². The van der Waals surface area contributed by atoms with Crippen LogP contribution in [0.15, 0.2) is 71.5 Å². The summed E-state index contributed by atoms with van der Waals surface area (Å²) in [7, 11) is 1.28. The van der Waals surface area contributed by atoms with Gasteiger partial charge in [0, 0.05) is 24.2 Å². The van der Waals surface area contributed by atoms with Gasteiger partial charge in [-0.15, -0.1) is 5.10 Å². The monoisotopic (exact) mass is 544 g/mol. The van der Waals surface area contributed by atoms with Crippen LogP contribution < -0.4 is 15.6 Å². The first-order valence-electron chi connectivity index (χ1n) is 12.5. The van der Waals surface area contributed by atoms with Gasteiger partial charge in [-0.25, -0.2) is 9.48 Å². The lowest BCUT2D eigenvalue weighted by molar-refractivity contribution is -0.142. The molecule has 1 heterocycles. The minimum atomic E-state index is -1.13. The maximum Gasteiger partial charge on any atom is 0.411 e. The van der Waals surface area contributed by atoms with Gasteiger partial charge in [0.15, 0.2) is 5.78 Å². The second-order valence-electron chi connectivity index (χ2n) is 9.22. The number of aryl methyl sites for hydroxylation is 2. The second kappa shape index (κ2) is 12.7. The summed E-state index contributed by atoms with van der Waals surface area (Å²) in [6, 6.07) is 18.8. The highest BCUT2D eigenvalue weighted by atomic mass is 16.5. The van der Waals surface area contributed by atoms with E-state index in [2.05, 4.69) is 20.4 Å². The average molecular weight is 545 g/mol. The van der Waals surface area contributed by atoms with Gasteiger partial charge >= 0.3 is 12.1 Å². The molecule has 4 rings (SSSR count). The zero-order valence-corrected chi connectivity index (χ0v) is 22.0.